The number of halogens is 2. The van der Waals surface area contributed by atoms with Gasteiger partial charge in [-0.05, 0) is 69.2 Å². The van der Waals surface area contributed by atoms with Gasteiger partial charge in [-0.1, -0.05) is 18.5 Å². The van der Waals surface area contributed by atoms with Crippen molar-refractivity contribution in [3.05, 3.63) is 58.4 Å². The molecule has 2 N–H and O–H groups in total. The molecule has 1 aliphatic heterocycles. The zero-order valence-corrected chi connectivity index (χ0v) is 18.4. The number of aliphatic imine (C=N–C) groups is 1. The van der Waals surface area contributed by atoms with Crippen LogP contribution in [-0.4, -0.2) is 24.8 Å². The Hall–Kier alpha value is -2.12. The zero-order valence-electron chi connectivity index (χ0n) is 16.8. The van der Waals surface area contributed by atoms with Crippen molar-refractivity contribution in [2.45, 2.75) is 44.4 Å². The fourth-order valence-electron chi connectivity index (χ4n) is 3.28. The van der Waals surface area contributed by atoms with Crippen LogP contribution in [0.25, 0.3) is 0 Å². The van der Waals surface area contributed by atoms with Gasteiger partial charge in [0.05, 0.1) is 5.75 Å². The molecule has 0 aromatic heterocycles. The molecule has 5 nitrogen and oxygen atoms in total. The molecule has 1 heterocycles. The van der Waals surface area contributed by atoms with Crippen LogP contribution in [0.4, 0.5) is 4.39 Å². The fraction of sp³-hybridized carbons (Fsp3) is 0.381. The maximum atomic E-state index is 14.7. The van der Waals surface area contributed by atoms with Crippen molar-refractivity contribution in [2.24, 2.45) is 10.7 Å². The summed E-state index contributed by atoms with van der Waals surface area (Å²) in [5, 5.41) is 0.645. The number of hydrogen-bond donors (Lipinski definition) is 1. The van der Waals surface area contributed by atoms with Crippen LogP contribution < -0.4 is 10.5 Å². The summed E-state index contributed by atoms with van der Waals surface area (Å²) < 4.78 is 44.8. The lowest BCUT2D eigenvalue weighted by molar-refractivity contribution is 0.456. The summed E-state index contributed by atoms with van der Waals surface area (Å²) in [5.74, 6) is -0.0501. The number of nitrogens with two attached hydrogens (primary N) is 1. The highest BCUT2D eigenvalue weighted by atomic mass is 35.5. The van der Waals surface area contributed by atoms with Gasteiger partial charge in [-0.3, -0.25) is 4.99 Å². The van der Waals surface area contributed by atoms with Crippen molar-refractivity contribution in [1.29, 1.82) is 0 Å². The van der Waals surface area contributed by atoms with Crippen molar-refractivity contribution in [1.82, 2.24) is 0 Å². The predicted molar refractivity (Wildman–Crippen MR) is 114 cm³/mol. The Balaban J connectivity index is 2.03. The molecule has 2 aromatic rings. The summed E-state index contributed by atoms with van der Waals surface area (Å²) in [6.07, 6.45) is 0.740. The van der Waals surface area contributed by atoms with Crippen LogP contribution in [0.3, 0.4) is 0 Å². The van der Waals surface area contributed by atoms with Crippen LogP contribution in [0.1, 0.15) is 38.8 Å². The smallest absolute Gasteiger partial charge is 0.165 e. The van der Waals surface area contributed by atoms with E-state index in [1.54, 1.807) is 19.1 Å². The van der Waals surface area contributed by atoms with E-state index in [-0.39, 0.29) is 17.2 Å². The molecule has 0 amide bonds. The van der Waals surface area contributed by atoms with Gasteiger partial charge >= 0.3 is 0 Å². The van der Waals surface area contributed by atoms with Crippen molar-refractivity contribution in [2.75, 3.05) is 5.75 Å². The van der Waals surface area contributed by atoms with Gasteiger partial charge in [-0.2, -0.15) is 0 Å². The topological polar surface area (TPSA) is 81.8 Å². The van der Waals surface area contributed by atoms with E-state index in [4.69, 9.17) is 22.1 Å². The Labute approximate surface area is 175 Å². The van der Waals surface area contributed by atoms with E-state index >= 15 is 0 Å². The second kappa shape index (κ2) is 7.29. The van der Waals surface area contributed by atoms with Gasteiger partial charge in [0.15, 0.2) is 9.84 Å². The molecule has 0 radical (unpaired) electrons. The van der Waals surface area contributed by atoms with Gasteiger partial charge in [-0.15, -0.1) is 0 Å². The second-order valence-electron chi connectivity index (χ2n) is 7.89. The highest BCUT2D eigenvalue weighted by Crippen LogP contribution is 2.39. The molecule has 0 aliphatic carbocycles. The van der Waals surface area contributed by atoms with Gasteiger partial charge < -0.3 is 10.5 Å². The van der Waals surface area contributed by atoms with Gasteiger partial charge in [0.25, 0.3) is 0 Å². The summed E-state index contributed by atoms with van der Waals surface area (Å²) in [6, 6.07) is 9.47. The van der Waals surface area contributed by atoms with E-state index in [1.165, 1.54) is 32.0 Å². The minimum atomic E-state index is -3.65. The molecular formula is C21H24ClFN2O3S. The summed E-state index contributed by atoms with van der Waals surface area (Å²) in [5.41, 5.74) is 5.65. The highest BCUT2D eigenvalue weighted by Gasteiger charge is 2.49. The summed E-state index contributed by atoms with van der Waals surface area (Å²) >= 11 is 6.14. The average molecular weight is 439 g/mol. The molecule has 156 valence electrons. The van der Waals surface area contributed by atoms with Crippen LogP contribution in [0.5, 0.6) is 11.5 Å². The zero-order chi connectivity index (χ0) is 21.6. The second-order valence-corrected chi connectivity index (χ2v) is 10.8. The monoisotopic (exact) mass is 438 g/mol. The molecule has 0 saturated heterocycles. The molecule has 0 saturated carbocycles. The van der Waals surface area contributed by atoms with E-state index in [0.29, 0.717) is 16.5 Å². The lowest BCUT2D eigenvalue weighted by Gasteiger charge is -2.38. The van der Waals surface area contributed by atoms with E-state index < -0.39 is 25.9 Å². The van der Waals surface area contributed by atoms with E-state index in [1.807, 2.05) is 13.0 Å². The van der Waals surface area contributed by atoms with E-state index in [2.05, 4.69) is 4.99 Å². The van der Waals surface area contributed by atoms with Crippen molar-refractivity contribution in [3.8, 4) is 11.5 Å². The summed E-state index contributed by atoms with van der Waals surface area (Å²) in [7, 11) is -3.65. The van der Waals surface area contributed by atoms with Gasteiger partial charge in [0.1, 0.15) is 33.4 Å². The molecule has 8 heteroatoms. The molecule has 1 aliphatic rings. The van der Waals surface area contributed by atoms with Crippen LogP contribution in [-0.2, 0) is 21.8 Å². The maximum Gasteiger partial charge on any atom is 0.165 e. The minimum Gasteiger partial charge on any atom is -0.457 e. The van der Waals surface area contributed by atoms with Crippen molar-refractivity contribution < 1.29 is 17.5 Å². The number of nitrogens with zero attached hydrogens (tertiary/aromatic N) is 1. The molecule has 0 bridgehead atoms. The molecule has 29 heavy (non-hydrogen) atoms. The Bertz CT molecular complexity index is 1100. The maximum absolute atomic E-state index is 14.7. The standard InChI is InChI=1S/C21H24ClFN2O3S/c1-5-13-10-14(6-8-17(13)22)28-15-7-9-18(23)16(11-15)21(4)12-29(26,27)20(2,3)19(24)25-21/h6-11H,5,12H2,1-4H3,(H2,24,25)/t21-/m0/s1. The third kappa shape index (κ3) is 3.85. The normalized spacial score (nSPS) is 22.8. The Morgan fingerprint density at radius 2 is 1.79 bits per heavy atom. The van der Waals surface area contributed by atoms with E-state index in [0.717, 1.165) is 12.0 Å². The van der Waals surface area contributed by atoms with Crippen molar-refractivity contribution >= 4 is 27.3 Å². The van der Waals surface area contributed by atoms with Crippen LogP contribution in [0.15, 0.2) is 41.4 Å². The van der Waals surface area contributed by atoms with Crippen LogP contribution in [0.2, 0.25) is 5.02 Å². The fourth-order valence-corrected chi connectivity index (χ4v) is 5.22. The molecule has 0 spiro atoms. The van der Waals surface area contributed by atoms with Gasteiger partial charge in [0, 0.05) is 10.6 Å². The lowest BCUT2D eigenvalue weighted by Crippen LogP contribution is -2.54. The first-order valence-corrected chi connectivity index (χ1v) is 11.3. The first-order chi connectivity index (χ1) is 13.4. The third-order valence-electron chi connectivity index (χ3n) is 5.38. The predicted octanol–water partition coefficient (Wildman–Crippen LogP) is 4.61. The molecule has 3 rings (SSSR count). The Morgan fingerprint density at radius 3 is 2.41 bits per heavy atom. The number of sulfone groups is 1. The minimum absolute atomic E-state index is 0.0396. The third-order valence-corrected chi connectivity index (χ3v) is 8.46. The number of amidine groups is 1. The number of rotatable bonds is 4. The highest BCUT2D eigenvalue weighted by molar-refractivity contribution is 7.93. The number of benzene rings is 2. The first kappa shape index (κ1) is 21.6. The van der Waals surface area contributed by atoms with Gasteiger partial charge in [0.2, 0.25) is 0 Å². The Morgan fingerprint density at radius 1 is 1.17 bits per heavy atom. The van der Waals surface area contributed by atoms with Crippen molar-refractivity contribution in [3.63, 3.8) is 0 Å². The quantitative estimate of drug-likeness (QED) is 0.755. The number of ether oxygens (including phenoxy) is 1. The molecular weight excluding hydrogens is 415 g/mol. The van der Waals surface area contributed by atoms with Crippen LogP contribution in [0, 0.1) is 5.82 Å². The van der Waals surface area contributed by atoms with E-state index in [9.17, 15) is 12.8 Å². The molecule has 0 fully saturated rings. The summed E-state index contributed by atoms with van der Waals surface area (Å²) in [4.78, 5) is 4.38. The Kier molecular flexibility index (Phi) is 5.43. The summed E-state index contributed by atoms with van der Waals surface area (Å²) in [6.45, 7) is 6.55. The number of aryl methyl sites for hydroxylation is 1. The largest absolute Gasteiger partial charge is 0.457 e. The van der Waals surface area contributed by atoms with Crippen LogP contribution >= 0.6 is 11.6 Å². The average Bonchev–Trinajstić information content (AvgIpc) is 2.63. The number of hydrogen-bond acceptors (Lipinski definition) is 5. The first-order valence-electron chi connectivity index (χ1n) is 9.24. The molecule has 2 aromatic carbocycles. The molecule has 0 unspecified atom stereocenters. The lowest BCUT2D eigenvalue weighted by atomic mass is 9.93. The van der Waals surface area contributed by atoms with Gasteiger partial charge in [-0.25, -0.2) is 12.8 Å². The molecule has 1 atom stereocenters. The SMILES string of the molecule is CCc1cc(Oc2ccc(F)c([C@]3(C)CS(=O)(=O)C(C)(C)C(N)=N3)c2)ccc1Cl.